The first-order valence-corrected chi connectivity index (χ1v) is 3.95. The lowest BCUT2D eigenvalue weighted by molar-refractivity contribution is 0.509. The summed E-state index contributed by atoms with van der Waals surface area (Å²) in [4.78, 5) is 7.97. The summed E-state index contributed by atoms with van der Waals surface area (Å²) in [6, 6.07) is 3.76. The normalized spacial score (nSPS) is 10.2. The number of oxazole rings is 1. The predicted octanol–water partition coefficient (Wildman–Crippen LogP) is 1.20. The Balaban J connectivity index is 2.36. The van der Waals surface area contributed by atoms with Crippen LogP contribution in [-0.2, 0) is 6.54 Å². The monoisotopic (exact) mass is 175 g/mol. The molecule has 4 heteroatoms. The Morgan fingerprint density at radius 1 is 1.38 bits per heavy atom. The second kappa shape index (κ2) is 3.37. The molecule has 2 rings (SSSR count). The van der Waals surface area contributed by atoms with Crippen molar-refractivity contribution in [3.63, 3.8) is 0 Å². The Hall–Kier alpha value is -1.68. The fraction of sp³-hybridized carbons (Fsp3) is 0.111. The standard InChI is InChI=1S/C9H9N3O/c10-4-9-12-6-8(13-9)7-2-1-3-11-5-7/h1-3,5-6H,4,10H2. The Morgan fingerprint density at radius 2 is 2.31 bits per heavy atom. The van der Waals surface area contributed by atoms with Crippen LogP contribution in [0.4, 0.5) is 0 Å². The molecule has 0 bridgehead atoms. The minimum Gasteiger partial charge on any atom is -0.439 e. The second-order valence-corrected chi connectivity index (χ2v) is 2.56. The van der Waals surface area contributed by atoms with Gasteiger partial charge in [0.25, 0.3) is 0 Å². The molecule has 0 aliphatic rings. The molecule has 0 spiro atoms. The zero-order chi connectivity index (χ0) is 9.10. The van der Waals surface area contributed by atoms with E-state index in [1.807, 2.05) is 12.1 Å². The van der Waals surface area contributed by atoms with Crippen molar-refractivity contribution in [1.82, 2.24) is 9.97 Å². The topological polar surface area (TPSA) is 64.9 Å². The van der Waals surface area contributed by atoms with Crippen LogP contribution in [0.1, 0.15) is 5.89 Å². The SMILES string of the molecule is NCc1ncc(-c2cccnc2)o1. The summed E-state index contributed by atoms with van der Waals surface area (Å²) >= 11 is 0. The van der Waals surface area contributed by atoms with Crippen LogP contribution in [-0.4, -0.2) is 9.97 Å². The number of hydrogen-bond acceptors (Lipinski definition) is 4. The van der Waals surface area contributed by atoms with Crippen LogP contribution in [0.15, 0.2) is 35.1 Å². The first kappa shape index (κ1) is 7.94. The van der Waals surface area contributed by atoms with E-state index >= 15 is 0 Å². The fourth-order valence-electron chi connectivity index (χ4n) is 1.05. The Morgan fingerprint density at radius 3 is 2.92 bits per heavy atom. The van der Waals surface area contributed by atoms with Gasteiger partial charge in [-0.1, -0.05) is 0 Å². The highest BCUT2D eigenvalue weighted by Gasteiger charge is 2.03. The Labute approximate surface area is 75.4 Å². The van der Waals surface area contributed by atoms with E-state index in [1.165, 1.54) is 0 Å². The molecule has 0 atom stereocenters. The van der Waals surface area contributed by atoms with Crippen molar-refractivity contribution in [3.05, 3.63) is 36.6 Å². The van der Waals surface area contributed by atoms with Gasteiger partial charge in [0, 0.05) is 18.0 Å². The van der Waals surface area contributed by atoms with E-state index in [4.69, 9.17) is 10.2 Å². The van der Waals surface area contributed by atoms with E-state index in [9.17, 15) is 0 Å². The maximum Gasteiger partial charge on any atom is 0.208 e. The molecule has 0 radical (unpaired) electrons. The molecule has 2 aromatic heterocycles. The van der Waals surface area contributed by atoms with Gasteiger partial charge in [0.05, 0.1) is 12.7 Å². The molecule has 0 saturated heterocycles. The van der Waals surface area contributed by atoms with Gasteiger partial charge >= 0.3 is 0 Å². The minimum absolute atomic E-state index is 0.320. The summed E-state index contributed by atoms with van der Waals surface area (Å²) in [6.45, 7) is 0.320. The van der Waals surface area contributed by atoms with Gasteiger partial charge in [0.2, 0.25) is 5.89 Å². The van der Waals surface area contributed by atoms with Crippen LogP contribution < -0.4 is 5.73 Å². The first-order chi connectivity index (χ1) is 6.40. The van der Waals surface area contributed by atoms with Crippen LogP contribution in [0.2, 0.25) is 0 Å². The molecular weight excluding hydrogens is 166 g/mol. The summed E-state index contributed by atoms with van der Waals surface area (Å²) in [7, 11) is 0. The van der Waals surface area contributed by atoms with Crippen LogP contribution >= 0.6 is 0 Å². The molecule has 2 aromatic rings. The Kier molecular flexibility index (Phi) is 2.06. The molecule has 0 aromatic carbocycles. The van der Waals surface area contributed by atoms with Crippen molar-refractivity contribution in [1.29, 1.82) is 0 Å². The zero-order valence-electron chi connectivity index (χ0n) is 6.97. The number of rotatable bonds is 2. The van der Waals surface area contributed by atoms with Gasteiger partial charge in [-0.15, -0.1) is 0 Å². The van der Waals surface area contributed by atoms with Gasteiger partial charge in [-0.05, 0) is 12.1 Å². The molecule has 0 aliphatic carbocycles. The van der Waals surface area contributed by atoms with Crippen molar-refractivity contribution in [2.45, 2.75) is 6.54 Å². The largest absolute Gasteiger partial charge is 0.439 e. The van der Waals surface area contributed by atoms with Crippen LogP contribution in [0.5, 0.6) is 0 Å². The van der Waals surface area contributed by atoms with E-state index in [-0.39, 0.29) is 0 Å². The van der Waals surface area contributed by atoms with Gasteiger partial charge in [0.1, 0.15) is 0 Å². The lowest BCUT2D eigenvalue weighted by Crippen LogP contribution is -1.94. The molecule has 13 heavy (non-hydrogen) atoms. The van der Waals surface area contributed by atoms with Crippen LogP contribution in [0.3, 0.4) is 0 Å². The Bertz CT molecular complexity index is 383. The first-order valence-electron chi connectivity index (χ1n) is 3.95. The molecule has 2 N–H and O–H groups in total. The highest BCUT2D eigenvalue weighted by atomic mass is 16.4. The van der Waals surface area contributed by atoms with Crippen molar-refractivity contribution < 1.29 is 4.42 Å². The lowest BCUT2D eigenvalue weighted by Gasteiger charge is -1.92. The van der Waals surface area contributed by atoms with Crippen molar-refractivity contribution in [2.24, 2.45) is 5.73 Å². The fourth-order valence-corrected chi connectivity index (χ4v) is 1.05. The smallest absolute Gasteiger partial charge is 0.208 e. The number of aromatic nitrogens is 2. The van der Waals surface area contributed by atoms with E-state index in [2.05, 4.69) is 9.97 Å². The maximum absolute atomic E-state index is 5.37. The average Bonchev–Trinajstić information content (AvgIpc) is 2.67. The van der Waals surface area contributed by atoms with E-state index < -0.39 is 0 Å². The average molecular weight is 175 g/mol. The molecular formula is C9H9N3O. The van der Waals surface area contributed by atoms with Gasteiger partial charge in [-0.2, -0.15) is 0 Å². The number of nitrogens with zero attached hydrogens (tertiary/aromatic N) is 2. The highest BCUT2D eigenvalue weighted by Crippen LogP contribution is 2.18. The third-order valence-corrected chi connectivity index (χ3v) is 1.67. The zero-order valence-corrected chi connectivity index (χ0v) is 6.97. The molecule has 2 heterocycles. The van der Waals surface area contributed by atoms with Crippen LogP contribution in [0, 0.1) is 0 Å². The summed E-state index contributed by atoms with van der Waals surface area (Å²) < 4.78 is 5.34. The highest BCUT2D eigenvalue weighted by molar-refractivity contribution is 5.54. The van der Waals surface area contributed by atoms with Crippen molar-refractivity contribution in [3.8, 4) is 11.3 Å². The van der Waals surface area contributed by atoms with Crippen molar-refractivity contribution >= 4 is 0 Å². The van der Waals surface area contributed by atoms with Gasteiger partial charge in [-0.3, -0.25) is 4.98 Å². The summed E-state index contributed by atoms with van der Waals surface area (Å²) in [5.41, 5.74) is 6.28. The molecule has 0 fully saturated rings. The van der Waals surface area contributed by atoms with E-state index in [0.717, 1.165) is 5.56 Å². The molecule has 0 saturated carbocycles. The number of hydrogen-bond donors (Lipinski definition) is 1. The summed E-state index contributed by atoms with van der Waals surface area (Å²) in [6.07, 6.45) is 5.09. The molecule has 0 aliphatic heterocycles. The molecule has 0 amide bonds. The van der Waals surface area contributed by atoms with Gasteiger partial charge in [0.15, 0.2) is 5.76 Å². The predicted molar refractivity (Wildman–Crippen MR) is 47.6 cm³/mol. The third kappa shape index (κ3) is 1.57. The molecule has 0 unspecified atom stereocenters. The third-order valence-electron chi connectivity index (χ3n) is 1.67. The maximum atomic E-state index is 5.37. The molecule has 66 valence electrons. The van der Waals surface area contributed by atoms with Gasteiger partial charge < -0.3 is 10.2 Å². The molecule has 4 nitrogen and oxygen atoms in total. The number of nitrogens with two attached hydrogens (primary N) is 1. The van der Waals surface area contributed by atoms with Crippen molar-refractivity contribution in [2.75, 3.05) is 0 Å². The van der Waals surface area contributed by atoms with Crippen LogP contribution in [0.25, 0.3) is 11.3 Å². The second-order valence-electron chi connectivity index (χ2n) is 2.56. The number of pyridine rings is 1. The lowest BCUT2D eigenvalue weighted by atomic mass is 10.2. The van der Waals surface area contributed by atoms with E-state index in [0.29, 0.717) is 18.2 Å². The quantitative estimate of drug-likeness (QED) is 0.744. The summed E-state index contributed by atoms with van der Waals surface area (Å²) in [5.74, 6) is 1.24. The minimum atomic E-state index is 0.320. The van der Waals surface area contributed by atoms with Gasteiger partial charge in [-0.25, -0.2) is 4.98 Å². The summed E-state index contributed by atoms with van der Waals surface area (Å²) in [5, 5.41) is 0. The van der Waals surface area contributed by atoms with E-state index in [1.54, 1.807) is 18.6 Å².